The molecule has 48 valence electrons. The zero-order chi connectivity index (χ0) is 7.56. The van der Waals surface area contributed by atoms with Gasteiger partial charge < -0.3 is 5.73 Å². The highest BCUT2D eigenvalue weighted by Crippen LogP contribution is 1.92. The van der Waals surface area contributed by atoms with E-state index in [0.717, 1.165) is 0 Å². The minimum absolute atomic E-state index is 0.296. The van der Waals surface area contributed by atoms with Gasteiger partial charge in [-0.3, -0.25) is 0 Å². The van der Waals surface area contributed by atoms with Crippen molar-refractivity contribution < 1.29 is 1.41 Å². The van der Waals surface area contributed by atoms with Gasteiger partial charge in [-0.1, -0.05) is 0 Å². The highest BCUT2D eigenvalue weighted by molar-refractivity contribution is 5.14. The normalized spacial score (nSPS) is 10.7. The van der Waals surface area contributed by atoms with Crippen LogP contribution in [0.5, 0.6) is 0 Å². The molecule has 1 heterocycles. The van der Waals surface area contributed by atoms with Gasteiger partial charge in [0, 0.05) is 0 Å². The second-order valence-corrected chi connectivity index (χ2v) is 1.75. The molecular weight excluding hydrogens is 116 g/mol. The van der Waals surface area contributed by atoms with Gasteiger partial charge in [0.2, 0.25) is 5.95 Å². The minimum Gasteiger partial charge on any atom is -0.368 e. The summed E-state index contributed by atoms with van der Waals surface area (Å²) in [5.74, 6) is 1.55. The van der Waals surface area contributed by atoms with Gasteiger partial charge in [-0.05, 0) is 13.8 Å². The highest BCUT2D eigenvalue weighted by atomic mass is 15.1. The van der Waals surface area contributed by atoms with Crippen LogP contribution in [0.4, 0.5) is 5.95 Å². The van der Waals surface area contributed by atoms with E-state index < -0.39 is 0 Å². The lowest BCUT2D eigenvalue weighted by Gasteiger charge is -1.93. The number of aryl methyl sites for hydroxylation is 2. The summed E-state index contributed by atoms with van der Waals surface area (Å²) in [5.41, 5.74) is 2.10. The van der Waals surface area contributed by atoms with E-state index in [2.05, 4.69) is 20.7 Å². The molecular formula is C5H8N4. The molecule has 0 aliphatic carbocycles. The van der Waals surface area contributed by atoms with Crippen LogP contribution >= 0.6 is 0 Å². The molecule has 0 aromatic carbocycles. The molecule has 4 heteroatoms. The van der Waals surface area contributed by atoms with Gasteiger partial charge in [0.05, 0.1) is 0 Å². The van der Waals surface area contributed by atoms with E-state index in [1.165, 1.54) is 0 Å². The Morgan fingerprint density at radius 2 is 1.78 bits per heavy atom. The molecule has 0 saturated carbocycles. The molecule has 0 atom stereocenters. The summed E-state index contributed by atoms with van der Waals surface area (Å²) >= 11 is 0. The third kappa shape index (κ3) is 1.35. The SMILES string of the molecule is [2H]Nc1nc(C)nc(C)n1. The molecule has 4 nitrogen and oxygen atoms in total. The Morgan fingerprint density at radius 1 is 1.22 bits per heavy atom. The molecule has 9 heavy (non-hydrogen) atoms. The third-order valence-corrected chi connectivity index (χ3v) is 0.859. The second-order valence-electron chi connectivity index (χ2n) is 1.75. The first-order chi connectivity index (χ1) is 4.72. The van der Waals surface area contributed by atoms with E-state index >= 15 is 0 Å². The molecule has 2 N–H and O–H groups in total. The summed E-state index contributed by atoms with van der Waals surface area (Å²) in [6.45, 7) is 3.52. The summed E-state index contributed by atoms with van der Waals surface area (Å²) < 4.78 is 6.73. The fraction of sp³-hybridized carbons (Fsp3) is 0.400. The van der Waals surface area contributed by atoms with Crippen LogP contribution in [0.2, 0.25) is 1.41 Å². The first kappa shape index (κ1) is 4.67. The molecule has 0 fully saturated rings. The summed E-state index contributed by atoms with van der Waals surface area (Å²) in [6.07, 6.45) is 0. The number of hydrogen-bond donors (Lipinski definition) is 1. The van der Waals surface area contributed by atoms with Crippen molar-refractivity contribution >= 4 is 5.95 Å². The van der Waals surface area contributed by atoms with Crippen molar-refractivity contribution in [1.82, 2.24) is 15.0 Å². The summed E-state index contributed by atoms with van der Waals surface area (Å²) in [7, 11) is 0. The molecule has 1 rings (SSSR count). The smallest absolute Gasteiger partial charge is 0.223 e. The van der Waals surface area contributed by atoms with Crippen LogP contribution in [0.25, 0.3) is 0 Å². The van der Waals surface area contributed by atoms with Crippen LogP contribution in [0, 0.1) is 13.8 Å². The Bertz CT molecular complexity index is 217. The van der Waals surface area contributed by atoms with Crippen LogP contribution < -0.4 is 5.73 Å². The van der Waals surface area contributed by atoms with Gasteiger partial charge in [-0.15, -0.1) is 0 Å². The molecule has 1 aromatic rings. The molecule has 0 spiro atoms. The monoisotopic (exact) mass is 125 g/mol. The first-order valence-corrected chi connectivity index (χ1v) is 2.59. The maximum atomic E-state index is 6.73. The van der Waals surface area contributed by atoms with Gasteiger partial charge in [-0.2, -0.15) is 9.97 Å². The lowest BCUT2D eigenvalue weighted by molar-refractivity contribution is 0.933. The lowest BCUT2D eigenvalue weighted by Crippen LogP contribution is -2.01. The van der Waals surface area contributed by atoms with Crippen molar-refractivity contribution in [2.75, 3.05) is 5.73 Å². The number of aromatic nitrogens is 3. The predicted molar refractivity (Wildman–Crippen MR) is 33.7 cm³/mol. The largest absolute Gasteiger partial charge is 0.368 e. The Labute approximate surface area is 54.6 Å². The lowest BCUT2D eigenvalue weighted by atomic mass is 10.6. The minimum atomic E-state index is 0.296. The molecule has 0 radical (unpaired) electrons. The Morgan fingerprint density at radius 3 is 2.22 bits per heavy atom. The molecule has 0 bridgehead atoms. The topological polar surface area (TPSA) is 64.7 Å². The van der Waals surface area contributed by atoms with E-state index in [-0.39, 0.29) is 0 Å². The van der Waals surface area contributed by atoms with Crippen LogP contribution in [0.1, 0.15) is 11.6 Å². The molecule has 0 unspecified atom stereocenters. The van der Waals surface area contributed by atoms with E-state index in [1.807, 2.05) is 0 Å². The summed E-state index contributed by atoms with van der Waals surface area (Å²) in [5, 5.41) is 0. The van der Waals surface area contributed by atoms with Crippen LogP contribution in [0.15, 0.2) is 0 Å². The predicted octanol–water partition coefficient (Wildman–Crippen LogP) is 0.0706. The first-order valence-electron chi connectivity index (χ1n) is 3.09. The standard InChI is InChI=1S/C5H8N4/c1-3-7-4(2)9-5(6)8-3/h1-2H3,(H2,6,7,8,9)/i/hD. The average molecular weight is 125 g/mol. The van der Waals surface area contributed by atoms with Crippen molar-refractivity contribution in [2.45, 2.75) is 13.8 Å². The van der Waals surface area contributed by atoms with Crippen molar-refractivity contribution in [3.8, 4) is 0 Å². The number of anilines is 1. The van der Waals surface area contributed by atoms with Gasteiger partial charge in [0.1, 0.15) is 11.6 Å². The highest BCUT2D eigenvalue weighted by Gasteiger charge is 1.92. The van der Waals surface area contributed by atoms with Gasteiger partial charge in [0.25, 0.3) is 0 Å². The quantitative estimate of drug-likeness (QED) is 0.576. The van der Waals surface area contributed by atoms with E-state index in [4.69, 9.17) is 1.41 Å². The van der Waals surface area contributed by atoms with Crippen LogP contribution in [-0.4, -0.2) is 15.0 Å². The molecule has 0 aliphatic rings. The molecule has 0 aliphatic heterocycles. The Balaban J connectivity index is 3.06. The maximum Gasteiger partial charge on any atom is 0.223 e. The van der Waals surface area contributed by atoms with Crippen molar-refractivity contribution in [2.24, 2.45) is 0 Å². The second kappa shape index (κ2) is 1.97. The van der Waals surface area contributed by atoms with Gasteiger partial charge in [0.15, 0.2) is 1.41 Å². The average Bonchev–Trinajstić information content (AvgIpc) is 1.85. The van der Waals surface area contributed by atoms with Gasteiger partial charge >= 0.3 is 0 Å². The van der Waals surface area contributed by atoms with Gasteiger partial charge in [-0.25, -0.2) is 4.98 Å². The van der Waals surface area contributed by atoms with E-state index in [1.54, 1.807) is 13.8 Å². The number of rotatable bonds is 1. The molecule has 0 saturated heterocycles. The summed E-state index contributed by atoms with van der Waals surface area (Å²) in [4.78, 5) is 11.6. The fourth-order valence-electron chi connectivity index (χ4n) is 0.616. The zero-order valence-electron chi connectivity index (χ0n) is 6.34. The number of hydrogen-bond acceptors (Lipinski definition) is 4. The van der Waals surface area contributed by atoms with Crippen molar-refractivity contribution in [1.29, 1.82) is 0 Å². The summed E-state index contributed by atoms with van der Waals surface area (Å²) in [6, 6.07) is 0. The zero-order valence-corrected chi connectivity index (χ0v) is 5.34. The Kier molecular flexibility index (Phi) is 1.02. The Hall–Kier alpha value is -1.19. The number of nitrogens with zero attached hydrogens (tertiary/aromatic N) is 3. The van der Waals surface area contributed by atoms with Crippen LogP contribution in [0.3, 0.4) is 0 Å². The van der Waals surface area contributed by atoms with Crippen molar-refractivity contribution in [3.05, 3.63) is 11.6 Å². The number of nitrogens with two attached hydrogens (primary N) is 1. The molecule has 1 aromatic heterocycles. The van der Waals surface area contributed by atoms with E-state index in [9.17, 15) is 0 Å². The fourth-order valence-corrected chi connectivity index (χ4v) is 0.616. The van der Waals surface area contributed by atoms with Crippen molar-refractivity contribution in [3.63, 3.8) is 0 Å². The third-order valence-electron chi connectivity index (χ3n) is 0.859. The van der Waals surface area contributed by atoms with E-state index in [0.29, 0.717) is 17.6 Å². The molecule has 0 amide bonds. The number of nitrogen functional groups attached to an aromatic ring is 1. The maximum absolute atomic E-state index is 6.73. The van der Waals surface area contributed by atoms with Crippen LogP contribution in [-0.2, 0) is 0 Å².